The number of carbonyl (C=O) groups excluding carboxylic acids is 3. The number of aromatic nitrogens is 1. The lowest BCUT2D eigenvalue weighted by Crippen LogP contribution is -2.51. The average Bonchev–Trinajstić information content (AvgIpc) is 3.15. The highest BCUT2D eigenvalue weighted by Gasteiger charge is 2.52. The molecule has 1 saturated heterocycles. The van der Waals surface area contributed by atoms with Crippen LogP contribution in [0.25, 0.3) is 10.2 Å². The quantitative estimate of drug-likeness (QED) is 0.619. The van der Waals surface area contributed by atoms with Crippen molar-refractivity contribution in [3.63, 3.8) is 0 Å². The van der Waals surface area contributed by atoms with Crippen LogP contribution >= 0.6 is 23.1 Å². The minimum absolute atomic E-state index is 0.0872. The minimum atomic E-state index is -0.831. The Labute approximate surface area is 158 Å². The van der Waals surface area contributed by atoms with Crippen molar-refractivity contribution in [1.82, 2.24) is 20.7 Å². The molecule has 1 aliphatic carbocycles. The van der Waals surface area contributed by atoms with E-state index in [4.69, 9.17) is 0 Å². The predicted octanol–water partition coefficient (Wildman–Crippen LogP) is 2.67. The highest BCUT2D eigenvalue weighted by atomic mass is 32.2. The molecule has 1 aromatic heterocycles. The molecule has 2 heterocycles. The zero-order valence-electron chi connectivity index (χ0n) is 14.0. The molecule has 4 amide bonds. The van der Waals surface area contributed by atoms with Gasteiger partial charge in [0.1, 0.15) is 5.54 Å². The molecule has 2 aromatic rings. The fourth-order valence-electron chi connectivity index (χ4n) is 3.41. The summed E-state index contributed by atoms with van der Waals surface area (Å²) >= 11 is 2.81. The summed E-state index contributed by atoms with van der Waals surface area (Å²) < 4.78 is 1.84. The molecule has 0 bridgehead atoms. The van der Waals surface area contributed by atoms with Crippen LogP contribution in [0.4, 0.5) is 4.79 Å². The van der Waals surface area contributed by atoms with E-state index in [-0.39, 0.29) is 11.7 Å². The van der Waals surface area contributed by atoms with Gasteiger partial charge in [-0.25, -0.2) is 9.78 Å². The lowest BCUT2D eigenvalue weighted by Gasteiger charge is -2.30. The topological polar surface area (TPSA) is 91.4 Å². The zero-order chi connectivity index (χ0) is 18.1. The Morgan fingerprint density at radius 3 is 2.81 bits per heavy atom. The summed E-state index contributed by atoms with van der Waals surface area (Å²) in [6.45, 7) is 0. The van der Waals surface area contributed by atoms with Gasteiger partial charge in [0, 0.05) is 0 Å². The number of amides is 4. The Hall–Kier alpha value is -2.13. The van der Waals surface area contributed by atoms with E-state index in [2.05, 4.69) is 15.7 Å². The zero-order valence-corrected chi connectivity index (χ0v) is 15.6. The van der Waals surface area contributed by atoms with Crippen LogP contribution in [-0.2, 0) is 9.59 Å². The molecule has 0 unspecified atom stereocenters. The van der Waals surface area contributed by atoms with Crippen molar-refractivity contribution in [3.8, 4) is 0 Å². The van der Waals surface area contributed by atoms with E-state index in [9.17, 15) is 14.4 Å². The van der Waals surface area contributed by atoms with E-state index in [1.165, 1.54) is 23.1 Å². The second kappa shape index (κ2) is 6.88. The van der Waals surface area contributed by atoms with Crippen molar-refractivity contribution >= 4 is 51.2 Å². The number of hydrogen-bond acceptors (Lipinski definition) is 6. The number of para-hydroxylation sites is 1. The molecular weight excluding hydrogens is 372 g/mol. The van der Waals surface area contributed by atoms with Crippen LogP contribution in [0, 0.1) is 0 Å². The minimum Gasteiger partial charge on any atom is -0.322 e. The number of rotatable bonds is 4. The van der Waals surface area contributed by atoms with Crippen LogP contribution in [-0.4, -0.2) is 39.1 Å². The molecule has 1 spiro atoms. The van der Waals surface area contributed by atoms with Crippen molar-refractivity contribution < 1.29 is 14.4 Å². The van der Waals surface area contributed by atoms with E-state index in [0.717, 1.165) is 38.8 Å². The highest BCUT2D eigenvalue weighted by molar-refractivity contribution is 8.01. The number of urea groups is 1. The Morgan fingerprint density at radius 1 is 1.27 bits per heavy atom. The SMILES string of the molecule is O=C(CSc1nc2ccccc2s1)NN1C(=O)NC2(CCCCC2)C1=O. The fraction of sp³-hybridized carbons (Fsp3) is 0.412. The van der Waals surface area contributed by atoms with Crippen molar-refractivity contribution in [1.29, 1.82) is 0 Å². The molecule has 4 rings (SSSR count). The molecule has 7 nitrogen and oxygen atoms in total. The molecular formula is C17H18N4O3S2. The summed E-state index contributed by atoms with van der Waals surface area (Å²) in [5.41, 5.74) is 2.51. The number of hydrogen-bond donors (Lipinski definition) is 2. The smallest absolute Gasteiger partial charge is 0.322 e. The summed E-state index contributed by atoms with van der Waals surface area (Å²) in [6, 6.07) is 7.22. The number of thiazole rings is 1. The molecule has 2 N–H and O–H groups in total. The first-order valence-electron chi connectivity index (χ1n) is 8.52. The second-order valence-corrected chi connectivity index (χ2v) is 8.74. The monoisotopic (exact) mass is 390 g/mol. The maximum Gasteiger partial charge on any atom is 0.344 e. The first-order chi connectivity index (χ1) is 12.6. The van der Waals surface area contributed by atoms with Crippen LogP contribution < -0.4 is 10.7 Å². The third-order valence-corrected chi connectivity index (χ3v) is 6.89. The average molecular weight is 390 g/mol. The first kappa shape index (κ1) is 17.3. The van der Waals surface area contributed by atoms with Gasteiger partial charge in [-0.2, -0.15) is 5.01 Å². The summed E-state index contributed by atoms with van der Waals surface area (Å²) in [5, 5.41) is 3.61. The van der Waals surface area contributed by atoms with Gasteiger partial charge >= 0.3 is 6.03 Å². The van der Waals surface area contributed by atoms with Gasteiger partial charge in [0.15, 0.2) is 4.34 Å². The van der Waals surface area contributed by atoms with Gasteiger partial charge in [0.2, 0.25) is 5.91 Å². The van der Waals surface area contributed by atoms with Gasteiger partial charge in [-0.05, 0) is 25.0 Å². The molecule has 2 aliphatic rings. The van der Waals surface area contributed by atoms with Crippen LogP contribution in [0.5, 0.6) is 0 Å². The third kappa shape index (κ3) is 3.16. The van der Waals surface area contributed by atoms with Crippen molar-refractivity contribution in [2.24, 2.45) is 0 Å². The van der Waals surface area contributed by atoms with E-state index in [1.54, 1.807) is 0 Å². The molecule has 1 aromatic carbocycles. The number of fused-ring (bicyclic) bond motifs is 1. The lowest BCUT2D eigenvalue weighted by molar-refractivity contribution is -0.139. The lowest BCUT2D eigenvalue weighted by atomic mass is 9.82. The number of hydrazine groups is 1. The molecule has 1 saturated carbocycles. The number of nitrogens with zero attached hydrogens (tertiary/aromatic N) is 2. The Kier molecular flexibility index (Phi) is 4.58. The number of imide groups is 1. The fourth-order valence-corrected chi connectivity index (χ4v) is 5.27. The Morgan fingerprint density at radius 2 is 2.04 bits per heavy atom. The Bertz CT molecular complexity index is 843. The maximum absolute atomic E-state index is 12.6. The van der Waals surface area contributed by atoms with Crippen LogP contribution in [0.2, 0.25) is 0 Å². The van der Waals surface area contributed by atoms with E-state index in [1.807, 2.05) is 24.3 Å². The van der Waals surface area contributed by atoms with Crippen LogP contribution in [0.1, 0.15) is 32.1 Å². The van der Waals surface area contributed by atoms with E-state index >= 15 is 0 Å². The summed E-state index contributed by atoms with van der Waals surface area (Å²) in [6.07, 6.45) is 4.13. The standard InChI is InChI=1S/C17H18N4O3S2/c22-13(10-25-16-18-11-6-2-3-7-12(11)26-16)20-21-14(23)17(19-15(21)24)8-4-1-5-9-17/h2-3,6-7H,1,4-5,8-10H2,(H,19,24)(H,20,22). The predicted molar refractivity (Wildman–Crippen MR) is 99.7 cm³/mol. The maximum atomic E-state index is 12.6. The summed E-state index contributed by atoms with van der Waals surface area (Å²) in [4.78, 5) is 41.5. The molecule has 9 heteroatoms. The van der Waals surface area contributed by atoms with E-state index in [0.29, 0.717) is 12.8 Å². The van der Waals surface area contributed by atoms with Crippen molar-refractivity contribution in [2.75, 3.05) is 5.75 Å². The van der Waals surface area contributed by atoms with Gasteiger partial charge in [0.25, 0.3) is 5.91 Å². The van der Waals surface area contributed by atoms with Crippen molar-refractivity contribution in [2.45, 2.75) is 42.0 Å². The van der Waals surface area contributed by atoms with Gasteiger partial charge in [-0.15, -0.1) is 11.3 Å². The summed E-state index contributed by atoms with van der Waals surface area (Å²) in [7, 11) is 0. The molecule has 2 fully saturated rings. The van der Waals surface area contributed by atoms with Crippen LogP contribution in [0.15, 0.2) is 28.6 Å². The van der Waals surface area contributed by atoms with Gasteiger partial charge in [-0.1, -0.05) is 43.2 Å². The molecule has 1 aliphatic heterocycles. The van der Waals surface area contributed by atoms with E-state index < -0.39 is 17.5 Å². The normalized spacial score (nSPS) is 19.2. The van der Waals surface area contributed by atoms with Gasteiger partial charge in [-0.3, -0.25) is 15.0 Å². The van der Waals surface area contributed by atoms with Crippen LogP contribution in [0.3, 0.4) is 0 Å². The number of thioether (sulfide) groups is 1. The van der Waals surface area contributed by atoms with Crippen molar-refractivity contribution in [3.05, 3.63) is 24.3 Å². The molecule has 26 heavy (non-hydrogen) atoms. The largest absolute Gasteiger partial charge is 0.344 e. The molecule has 0 atom stereocenters. The molecule has 0 radical (unpaired) electrons. The number of nitrogens with one attached hydrogen (secondary N) is 2. The summed E-state index contributed by atoms with van der Waals surface area (Å²) in [5.74, 6) is -0.657. The van der Waals surface area contributed by atoms with Gasteiger partial charge < -0.3 is 5.32 Å². The third-order valence-electron chi connectivity index (χ3n) is 4.71. The van der Waals surface area contributed by atoms with Gasteiger partial charge in [0.05, 0.1) is 16.0 Å². The number of benzene rings is 1. The first-order valence-corrected chi connectivity index (χ1v) is 10.3. The second-order valence-electron chi connectivity index (χ2n) is 6.48. The molecule has 136 valence electrons. The number of carbonyl (C=O) groups is 3. The Balaban J connectivity index is 1.37. The highest BCUT2D eigenvalue weighted by Crippen LogP contribution is 2.33.